The molecule has 1 atom stereocenters. The van der Waals surface area contributed by atoms with Gasteiger partial charge in [0.15, 0.2) is 0 Å². The summed E-state index contributed by atoms with van der Waals surface area (Å²) in [6, 6.07) is 28.2. The molecule has 0 aliphatic carbocycles. The lowest BCUT2D eigenvalue weighted by molar-refractivity contribution is -0.139. The summed E-state index contributed by atoms with van der Waals surface area (Å²) in [7, 11) is 0. The Balaban J connectivity index is 1.83. The molecule has 0 amide bonds. The van der Waals surface area contributed by atoms with Crippen molar-refractivity contribution in [2.24, 2.45) is 0 Å². The predicted molar refractivity (Wildman–Crippen MR) is 109 cm³/mol. The Bertz CT molecular complexity index is 803. The van der Waals surface area contributed by atoms with Crippen LogP contribution in [-0.4, -0.2) is 22.5 Å². The van der Waals surface area contributed by atoms with Gasteiger partial charge in [0.2, 0.25) is 0 Å². The molecule has 3 aromatic carbocycles. The Morgan fingerprint density at radius 3 is 1.74 bits per heavy atom. The molecule has 3 heteroatoms. The Morgan fingerprint density at radius 2 is 1.30 bits per heavy atom. The van der Waals surface area contributed by atoms with Crippen molar-refractivity contribution in [3.8, 4) is 0 Å². The maximum Gasteiger partial charge on any atom is 0.312 e. The van der Waals surface area contributed by atoms with E-state index in [2.05, 4.69) is 29.2 Å². The summed E-state index contributed by atoms with van der Waals surface area (Å²) in [5, 5.41) is 9.85. The van der Waals surface area contributed by atoms with Crippen molar-refractivity contribution in [3.63, 3.8) is 0 Å². The SMILES string of the molecule is Cc1ccc(C(CN(Cc2ccccc2)Cc2ccccc2)C(=O)O)cc1. The zero-order valence-electron chi connectivity index (χ0n) is 15.6. The summed E-state index contributed by atoms with van der Waals surface area (Å²) >= 11 is 0. The largest absolute Gasteiger partial charge is 0.481 e. The number of nitrogens with zero attached hydrogens (tertiary/aromatic N) is 1. The maximum absolute atomic E-state index is 12.0. The van der Waals surface area contributed by atoms with Gasteiger partial charge >= 0.3 is 5.97 Å². The fraction of sp³-hybridized carbons (Fsp3) is 0.208. The number of carboxylic acids is 1. The third-order valence-corrected chi connectivity index (χ3v) is 4.72. The molecular formula is C24H25NO2. The van der Waals surface area contributed by atoms with Gasteiger partial charge in [-0.15, -0.1) is 0 Å². The molecule has 0 aliphatic rings. The molecular weight excluding hydrogens is 334 g/mol. The van der Waals surface area contributed by atoms with Crippen molar-refractivity contribution in [1.82, 2.24) is 4.90 Å². The molecule has 0 aromatic heterocycles. The fourth-order valence-electron chi connectivity index (χ4n) is 3.25. The Hall–Kier alpha value is -2.91. The van der Waals surface area contributed by atoms with E-state index in [1.54, 1.807) is 0 Å². The van der Waals surface area contributed by atoms with E-state index in [-0.39, 0.29) is 0 Å². The first-order valence-corrected chi connectivity index (χ1v) is 9.21. The van der Waals surface area contributed by atoms with Crippen LogP contribution in [0, 0.1) is 6.92 Å². The zero-order valence-corrected chi connectivity index (χ0v) is 15.6. The minimum Gasteiger partial charge on any atom is -0.481 e. The van der Waals surface area contributed by atoms with Gasteiger partial charge in [-0.3, -0.25) is 9.69 Å². The monoisotopic (exact) mass is 359 g/mol. The number of carboxylic acid groups (broad SMARTS) is 1. The Morgan fingerprint density at radius 1 is 0.815 bits per heavy atom. The van der Waals surface area contributed by atoms with E-state index in [0.29, 0.717) is 19.6 Å². The molecule has 0 aliphatic heterocycles. The smallest absolute Gasteiger partial charge is 0.312 e. The van der Waals surface area contributed by atoms with Crippen molar-refractivity contribution >= 4 is 5.97 Å². The van der Waals surface area contributed by atoms with Crippen LogP contribution in [0.25, 0.3) is 0 Å². The minimum atomic E-state index is -0.787. The Labute approximate surface area is 160 Å². The van der Waals surface area contributed by atoms with Gasteiger partial charge in [-0.1, -0.05) is 90.5 Å². The van der Waals surface area contributed by atoms with Gasteiger partial charge in [-0.05, 0) is 23.6 Å². The molecule has 0 fully saturated rings. The van der Waals surface area contributed by atoms with Crippen LogP contribution in [0.4, 0.5) is 0 Å². The summed E-state index contributed by atoms with van der Waals surface area (Å²) < 4.78 is 0. The van der Waals surface area contributed by atoms with E-state index >= 15 is 0 Å². The fourth-order valence-corrected chi connectivity index (χ4v) is 3.25. The summed E-state index contributed by atoms with van der Waals surface area (Å²) in [4.78, 5) is 14.2. The van der Waals surface area contributed by atoms with Crippen molar-refractivity contribution in [1.29, 1.82) is 0 Å². The van der Waals surface area contributed by atoms with Crippen LogP contribution in [-0.2, 0) is 17.9 Å². The molecule has 0 saturated heterocycles. The van der Waals surface area contributed by atoms with Crippen molar-refractivity contribution in [2.75, 3.05) is 6.54 Å². The molecule has 3 rings (SSSR count). The van der Waals surface area contributed by atoms with Crippen molar-refractivity contribution in [2.45, 2.75) is 25.9 Å². The second kappa shape index (κ2) is 9.15. The van der Waals surface area contributed by atoms with Crippen LogP contribution in [0.15, 0.2) is 84.9 Å². The topological polar surface area (TPSA) is 40.5 Å². The lowest BCUT2D eigenvalue weighted by Crippen LogP contribution is -2.31. The minimum absolute atomic E-state index is 0.460. The van der Waals surface area contributed by atoms with Gasteiger partial charge in [0.25, 0.3) is 0 Å². The molecule has 0 saturated carbocycles. The number of aliphatic carboxylic acids is 1. The molecule has 138 valence electrons. The number of rotatable bonds is 8. The van der Waals surface area contributed by atoms with Crippen LogP contribution < -0.4 is 0 Å². The lowest BCUT2D eigenvalue weighted by atomic mass is 9.97. The zero-order chi connectivity index (χ0) is 19.1. The normalized spacial score (nSPS) is 12.1. The van der Waals surface area contributed by atoms with Crippen molar-refractivity contribution < 1.29 is 9.90 Å². The number of benzene rings is 3. The highest BCUT2D eigenvalue weighted by atomic mass is 16.4. The number of hydrogen-bond donors (Lipinski definition) is 1. The molecule has 3 nitrogen and oxygen atoms in total. The average molecular weight is 359 g/mol. The predicted octanol–water partition coefficient (Wildman–Crippen LogP) is 4.87. The molecule has 0 heterocycles. The molecule has 27 heavy (non-hydrogen) atoms. The van der Waals surface area contributed by atoms with Gasteiger partial charge in [0.05, 0.1) is 5.92 Å². The van der Waals surface area contributed by atoms with Gasteiger partial charge in [-0.25, -0.2) is 0 Å². The summed E-state index contributed by atoms with van der Waals surface area (Å²) in [5.41, 5.74) is 4.34. The molecule has 3 aromatic rings. The summed E-state index contributed by atoms with van der Waals surface area (Å²) in [5.74, 6) is -1.34. The molecule has 0 bridgehead atoms. The summed E-state index contributed by atoms with van der Waals surface area (Å²) in [6.45, 7) is 3.90. The standard InChI is InChI=1S/C24H25NO2/c1-19-12-14-22(15-13-19)23(24(26)27)18-25(16-20-8-4-2-5-9-20)17-21-10-6-3-7-11-21/h2-15,23H,16-18H2,1H3,(H,26,27). The van der Waals surface area contributed by atoms with Crippen LogP contribution in [0.3, 0.4) is 0 Å². The molecule has 1 unspecified atom stereocenters. The van der Waals surface area contributed by atoms with Gasteiger partial charge in [0.1, 0.15) is 0 Å². The van der Waals surface area contributed by atoms with Gasteiger partial charge in [0, 0.05) is 19.6 Å². The number of hydrogen-bond acceptors (Lipinski definition) is 2. The second-order valence-electron chi connectivity index (χ2n) is 6.94. The average Bonchev–Trinajstić information content (AvgIpc) is 2.68. The quantitative estimate of drug-likeness (QED) is 0.624. The highest BCUT2D eigenvalue weighted by Gasteiger charge is 2.23. The van der Waals surface area contributed by atoms with Crippen LogP contribution in [0.5, 0.6) is 0 Å². The van der Waals surface area contributed by atoms with E-state index < -0.39 is 11.9 Å². The second-order valence-corrected chi connectivity index (χ2v) is 6.94. The van der Waals surface area contributed by atoms with E-state index in [9.17, 15) is 9.90 Å². The number of aryl methyl sites for hydroxylation is 1. The van der Waals surface area contributed by atoms with Gasteiger partial charge < -0.3 is 5.11 Å². The first-order chi connectivity index (χ1) is 13.1. The van der Waals surface area contributed by atoms with Crippen LogP contribution >= 0.6 is 0 Å². The van der Waals surface area contributed by atoms with E-state index in [1.807, 2.05) is 67.6 Å². The molecule has 1 N–H and O–H groups in total. The Kier molecular flexibility index (Phi) is 6.39. The summed E-state index contributed by atoms with van der Waals surface area (Å²) in [6.07, 6.45) is 0. The van der Waals surface area contributed by atoms with Crippen LogP contribution in [0.1, 0.15) is 28.2 Å². The van der Waals surface area contributed by atoms with E-state index in [1.165, 1.54) is 11.1 Å². The van der Waals surface area contributed by atoms with Crippen LogP contribution in [0.2, 0.25) is 0 Å². The van der Waals surface area contributed by atoms with E-state index in [0.717, 1.165) is 11.1 Å². The molecule has 0 spiro atoms. The lowest BCUT2D eigenvalue weighted by Gasteiger charge is -2.26. The highest BCUT2D eigenvalue weighted by Crippen LogP contribution is 2.21. The first kappa shape index (κ1) is 18.9. The maximum atomic E-state index is 12.0. The number of carbonyl (C=O) groups is 1. The third kappa shape index (κ3) is 5.53. The molecule has 0 radical (unpaired) electrons. The van der Waals surface area contributed by atoms with Crippen molar-refractivity contribution in [3.05, 3.63) is 107 Å². The van der Waals surface area contributed by atoms with E-state index in [4.69, 9.17) is 0 Å². The van der Waals surface area contributed by atoms with Gasteiger partial charge in [-0.2, -0.15) is 0 Å². The first-order valence-electron chi connectivity index (χ1n) is 9.21. The highest BCUT2D eigenvalue weighted by molar-refractivity contribution is 5.76. The third-order valence-electron chi connectivity index (χ3n) is 4.72.